The number of amides is 1. The Morgan fingerprint density at radius 2 is 2.18 bits per heavy atom. The van der Waals surface area contributed by atoms with Gasteiger partial charge in [0.1, 0.15) is 0 Å². The van der Waals surface area contributed by atoms with Crippen molar-refractivity contribution >= 4 is 35.8 Å². The average molecular weight is 435 g/mol. The number of aromatic nitrogens is 2. The summed E-state index contributed by atoms with van der Waals surface area (Å²) >= 11 is 0.654. The van der Waals surface area contributed by atoms with Crippen LogP contribution in [0.2, 0.25) is 0 Å². The monoisotopic (exact) mass is 434 g/mol. The number of carbonyl (C=O) groups excluding carboxylic acids is 1. The number of alkyl halides is 3. The Morgan fingerprint density at radius 1 is 1.39 bits per heavy atom. The van der Waals surface area contributed by atoms with E-state index < -0.39 is 17.8 Å². The second-order valence-corrected chi connectivity index (χ2v) is 7.56. The highest BCUT2D eigenvalue weighted by molar-refractivity contribution is 7.99. The summed E-state index contributed by atoms with van der Waals surface area (Å²) in [6.07, 6.45) is -0.466. The van der Waals surface area contributed by atoms with Crippen LogP contribution in [-0.4, -0.2) is 40.7 Å². The average Bonchev–Trinajstić information content (AvgIpc) is 3.11. The quantitative estimate of drug-likeness (QED) is 0.683. The first-order chi connectivity index (χ1) is 12.8. The van der Waals surface area contributed by atoms with E-state index in [4.69, 9.17) is 0 Å². The molecule has 0 radical (unpaired) electrons. The van der Waals surface area contributed by atoms with Gasteiger partial charge in [-0.25, -0.2) is 0 Å². The molecule has 1 aromatic heterocycles. The molecule has 1 atom stereocenters. The maximum Gasteiger partial charge on any atom is 0.398 e. The second kappa shape index (κ2) is 9.67. The molecule has 0 bridgehead atoms. The van der Waals surface area contributed by atoms with Gasteiger partial charge in [0, 0.05) is 17.6 Å². The highest BCUT2D eigenvalue weighted by atomic mass is 35.5. The van der Waals surface area contributed by atoms with Gasteiger partial charge in [-0.1, -0.05) is 6.07 Å². The van der Waals surface area contributed by atoms with Crippen LogP contribution in [0.4, 0.5) is 18.9 Å². The Kier molecular flexibility index (Phi) is 7.79. The summed E-state index contributed by atoms with van der Waals surface area (Å²) in [5, 5.41) is 10.3. The van der Waals surface area contributed by atoms with Gasteiger partial charge in [-0.15, -0.1) is 24.2 Å². The molecule has 5 nitrogen and oxygen atoms in total. The van der Waals surface area contributed by atoms with E-state index in [0.29, 0.717) is 22.3 Å². The molecule has 0 saturated carbocycles. The fourth-order valence-electron chi connectivity index (χ4n) is 2.94. The van der Waals surface area contributed by atoms with Crippen molar-refractivity contribution in [1.29, 1.82) is 0 Å². The molecule has 1 saturated heterocycles. The topological polar surface area (TPSA) is 59.0 Å². The molecule has 0 spiro atoms. The van der Waals surface area contributed by atoms with Gasteiger partial charge in [-0.2, -0.15) is 18.3 Å². The predicted octanol–water partition coefficient (Wildman–Crippen LogP) is 4.44. The number of carbonyl (C=O) groups is 1. The van der Waals surface area contributed by atoms with Gasteiger partial charge in [0.05, 0.1) is 17.5 Å². The molecular formula is C18H22ClF3N4OS. The Labute approximate surface area is 171 Å². The molecular weight excluding hydrogens is 413 g/mol. The van der Waals surface area contributed by atoms with E-state index in [2.05, 4.69) is 15.7 Å². The van der Waals surface area contributed by atoms with Crippen LogP contribution in [0.3, 0.4) is 0 Å². The summed E-state index contributed by atoms with van der Waals surface area (Å²) in [6.45, 7) is 3.61. The van der Waals surface area contributed by atoms with Crippen molar-refractivity contribution in [3.8, 4) is 0 Å². The van der Waals surface area contributed by atoms with Gasteiger partial charge >= 0.3 is 6.18 Å². The van der Waals surface area contributed by atoms with Crippen molar-refractivity contribution in [1.82, 2.24) is 15.1 Å². The van der Waals surface area contributed by atoms with Gasteiger partial charge < -0.3 is 10.6 Å². The summed E-state index contributed by atoms with van der Waals surface area (Å²) in [5.41, 5.74) is 1.46. The van der Waals surface area contributed by atoms with Gasteiger partial charge in [-0.3, -0.25) is 9.48 Å². The summed E-state index contributed by atoms with van der Waals surface area (Å²) in [4.78, 5) is 12.9. The van der Waals surface area contributed by atoms with Crippen molar-refractivity contribution in [2.45, 2.75) is 36.9 Å². The van der Waals surface area contributed by atoms with Gasteiger partial charge in [0.25, 0.3) is 5.91 Å². The van der Waals surface area contributed by atoms with Crippen LogP contribution in [0, 0.1) is 6.92 Å². The normalized spacial score (nSPS) is 17.1. The van der Waals surface area contributed by atoms with Crippen LogP contribution in [0.25, 0.3) is 0 Å². The number of benzene rings is 1. The van der Waals surface area contributed by atoms with Crippen LogP contribution in [0.1, 0.15) is 34.9 Å². The lowest BCUT2D eigenvalue weighted by Crippen LogP contribution is -2.32. The zero-order valence-corrected chi connectivity index (χ0v) is 16.9. The number of hydrogen-bond donors (Lipinski definition) is 2. The molecule has 28 heavy (non-hydrogen) atoms. The number of thioether (sulfide) groups is 1. The number of piperidine rings is 1. The number of nitrogens with one attached hydrogen (secondary N) is 2. The maximum absolute atomic E-state index is 12.5. The lowest BCUT2D eigenvalue weighted by molar-refractivity contribution is -0.105. The third-order valence-corrected chi connectivity index (χ3v) is 5.40. The first-order valence-electron chi connectivity index (χ1n) is 8.69. The molecule has 2 heterocycles. The largest absolute Gasteiger partial charge is 0.398 e. The van der Waals surface area contributed by atoms with E-state index in [1.165, 1.54) is 0 Å². The van der Waals surface area contributed by atoms with Crippen LogP contribution in [0.15, 0.2) is 35.4 Å². The number of hydrogen-bond acceptors (Lipinski definition) is 4. The zero-order chi connectivity index (χ0) is 19.4. The van der Waals surface area contributed by atoms with Gasteiger partial charge in [0.2, 0.25) is 0 Å². The Morgan fingerprint density at radius 3 is 2.86 bits per heavy atom. The van der Waals surface area contributed by atoms with Crippen molar-refractivity contribution < 1.29 is 18.0 Å². The van der Waals surface area contributed by atoms with Crippen molar-refractivity contribution in [3.63, 3.8) is 0 Å². The summed E-state index contributed by atoms with van der Waals surface area (Å²) in [5.74, 6) is -1.45. The molecule has 1 amide bonds. The number of aryl methyl sites for hydroxylation is 1. The van der Waals surface area contributed by atoms with E-state index in [9.17, 15) is 18.0 Å². The first kappa shape index (κ1) is 22.6. The second-order valence-electron chi connectivity index (χ2n) is 6.54. The number of nitrogens with zero attached hydrogens (tertiary/aromatic N) is 2. The fourth-order valence-corrected chi connectivity index (χ4v) is 3.68. The fraction of sp³-hybridized carbons (Fsp3) is 0.444. The van der Waals surface area contributed by atoms with Crippen molar-refractivity contribution in [2.24, 2.45) is 0 Å². The van der Waals surface area contributed by atoms with Gasteiger partial charge in [-0.05, 0) is 50.1 Å². The minimum atomic E-state index is -4.27. The summed E-state index contributed by atoms with van der Waals surface area (Å²) in [6, 6.07) is 6.81. The molecule has 3 rings (SSSR count). The smallest absolute Gasteiger partial charge is 0.320 e. The minimum Gasteiger partial charge on any atom is -0.320 e. The first-order valence-corrected chi connectivity index (χ1v) is 9.68. The van der Waals surface area contributed by atoms with Crippen molar-refractivity contribution in [2.75, 3.05) is 24.2 Å². The number of rotatable bonds is 5. The molecule has 1 unspecified atom stereocenters. The minimum absolute atomic E-state index is 0. The van der Waals surface area contributed by atoms with E-state index in [1.807, 2.05) is 6.92 Å². The van der Waals surface area contributed by atoms with Crippen molar-refractivity contribution in [3.05, 3.63) is 41.7 Å². The Bertz CT molecular complexity index is 806. The van der Waals surface area contributed by atoms with Gasteiger partial charge in [0.15, 0.2) is 5.69 Å². The molecule has 1 aliphatic heterocycles. The molecule has 1 aromatic carbocycles. The summed E-state index contributed by atoms with van der Waals surface area (Å²) < 4.78 is 39.4. The molecule has 1 aliphatic rings. The highest BCUT2D eigenvalue weighted by Crippen LogP contribution is 2.33. The van der Waals surface area contributed by atoms with Crippen LogP contribution in [0.5, 0.6) is 0 Å². The summed E-state index contributed by atoms with van der Waals surface area (Å²) in [7, 11) is 0. The standard InChI is InChI=1S/C18H21F3N4OS.ClH/c1-12-4-5-16(27-11-18(19,20)21)15(9-12)23-17(26)14-6-8-25(24-14)13-3-2-7-22-10-13;/h4-6,8-9,13,22H,2-3,7,10-11H2,1H3,(H,23,26);1H. The molecule has 10 heteroatoms. The van der Waals surface area contributed by atoms with Crippen LogP contribution < -0.4 is 10.6 Å². The van der Waals surface area contributed by atoms with E-state index >= 15 is 0 Å². The Hall–Kier alpha value is -1.71. The molecule has 2 N–H and O–H groups in total. The van der Waals surface area contributed by atoms with Crippen LogP contribution in [-0.2, 0) is 0 Å². The predicted molar refractivity (Wildman–Crippen MR) is 107 cm³/mol. The maximum atomic E-state index is 12.5. The SMILES string of the molecule is Cc1ccc(SCC(F)(F)F)c(NC(=O)c2ccn(C3CCCNC3)n2)c1.Cl. The zero-order valence-electron chi connectivity index (χ0n) is 15.3. The third-order valence-electron chi connectivity index (χ3n) is 4.26. The van der Waals surface area contributed by atoms with E-state index in [1.54, 1.807) is 35.1 Å². The molecule has 2 aromatic rings. The number of halogens is 4. The lowest BCUT2D eigenvalue weighted by Gasteiger charge is -2.22. The van der Waals surface area contributed by atoms with Crippen LogP contribution >= 0.6 is 24.2 Å². The lowest BCUT2D eigenvalue weighted by atomic mass is 10.1. The van der Waals surface area contributed by atoms with E-state index in [0.717, 1.165) is 31.5 Å². The number of anilines is 1. The Balaban J connectivity index is 0.00000280. The molecule has 154 valence electrons. The van der Waals surface area contributed by atoms with E-state index in [-0.39, 0.29) is 24.1 Å². The molecule has 0 aliphatic carbocycles. The third kappa shape index (κ3) is 6.15. The highest BCUT2D eigenvalue weighted by Gasteiger charge is 2.28. The molecule has 1 fully saturated rings.